The first kappa shape index (κ1) is 12.4. The predicted octanol–water partition coefficient (Wildman–Crippen LogP) is 3.60. The number of hydrogen-bond donors (Lipinski definition) is 1. The zero-order valence-corrected chi connectivity index (χ0v) is 9.72. The minimum Gasteiger partial charge on any atom is -0.310 e. The number of halogens is 3. The van der Waals surface area contributed by atoms with E-state index in [-0.39, 0.29) is 18.9 Å². The average Bonchev–Trinajstić information content (AvgIpc) is 2.28. The van der Waals surface area contributed by atoms with E-state index < -0.39 is 12.1 Å². The van der Waals surface area contributed by atoms with Gasteiger partial charge < -0.3 is 5.32 Å². The van der Waals surface area contributed by atoms with Crippen molar-refractivity contribution in [3.05, 3.63) is 35.4 Å². The van der Waals surface area contributed by atoms with Crippen molar-refractivity contribution in [1.29, 1.82) is 0 Å². The summed E-state index contributed by atoms with van der Waals surface area (Å²) in [6.45, 7) is 2.39. The maximum absolute atomic E-state index is 12.7. The van der Waals surface area contributed by atoms with Crippen LogP contribution < -0.4 is 5.32 Å². The van der Waals surface area contributed by atoms with Crippen LogP contribution in [0.5, 0.6) is 0 Å². The average molecular weight is 243 g/mol. The molecule has 17 heavy (non-hydrogen) atoms. The molecule has 0 bridgehead atoms. The summed E-state index contributed by atoms with van der Waals surface area (Å²) < 4.78 is 38.0. The Morgan fingerprint density at radius 3 is 2.71 bits per heavy atom. The van der Waals surface area contributed by atoms with Crippen LogP contribution in [0.2, 0.25) is 0 Å². The van der Waals surface area contributed by atoms with Crippen molar-refractivity contribution in [2.75, 3.05) is 6.54 Å². The Morgan fingerprint density at radius 1 is 1.29 bits per heavy atom. The molecular formula is C13H16F3N. The molecule has 0 aromatic heterocycles. The summed E-state index contributed by atoms with van der Waals surface area (Å²) in [5.41, 5.74) is 2.04. The van der Waals surface area contributed by atoms with E-state index in [4.69, 9.17) is 0 Å². The Hall–Kier alpha value is -1.03. The molecule has 2 unspecified atom stereocenters. The monoisotopic (exact) mass is 243 g/mol. The van der Waals surface area contributed by atoms with Gasteiger partial charge in [-0.3, -0.25) is 0 Å². The topological polar surface area (TPSA) is 12.0 Å². The van der Waals surface area contributed by atoms with Gasteiger partial charge >= 0.3 is 6.18 Å². The van der Waals surface area contributed by atoms with Gasteiger partial charge in [-0.25, -0.2) is 0 Å². The zero-order valence-electron chi connectivity index (χ0n) is 9.72. The smallest absolute Gasteiger partial charge is 0.310 e. The van der Waals surface area contributed by atoms with Gasteiger partial charge in [0.25, 0.3) is 0 Å². The highest BCUT2D eigenvalue weighted by atomic mass is 19.4. The lowest BCUT2D eigenvalue weighted by atomic mass is 9.88. The van der Waals surface area contributed by atoms with Crippen LogP contribution >= 0.6 is 0 Å². The summed E-state index contributed by atoms with van der Waals surface area (Å²) in [5.74, 6) is -1.17. The van der Waals surface area contributed by atoms with Gasteiger partial charge in [0.15, 0.2) is 0 Å². The number of hydrogen-bond acceptors (Lipinski definition) is 1. The summed E-state index contributed by atoms with van der Waals surface area (Å²) in [4.78, 5) is 0. The molecule has 1 N–H and O–H groups in total. The van der Waals surface area contributed by atoms with E-state index in [2.05, 4.69) is 5.32 Å². The van der Waals surface area contributed by atoms with Crippen LogP contribution in [0.15, 0.2) is 24.3 Å². The van der Waals surface area contributed by atoms with E-state index in [1.54, 1.807) is 0 Å². The second-order valence-corrected chi connectivity index (χ2v) is 4.68. The highest BCUT2D eigenvalue weighted by molar-refractivity contribution is 5.25. The molecule has 2 rings (SSSR count). The molecule has 0 aliphatic carbocycles. The van der Waals surface area contributed by atoms with Crippen LogP contribution in [-0.4, -0.2) is 12.7 Å². The third-order valence-electron chi connectivity index (χ3n) is 3.31. The fourth-order valence-corrected chi connectivity index (χ4v) is 2.36. The lowest BCUT2D eigenvalue weighted by Gasteiger charge is -2.32. The first-order valence-electron chi connectivity index (χ1n) is 5.83. The van der Waals surface area contributed by atoms with Crippen molar-refractivity contribution in [2.45, 2.75) is 32.0 Å². The summed E-state index contributed by atoms with van der Waals surface area (Å²) in [7, 11) is 0. The maximum atomic E-state index is 12.7. The Morgan fingerprint density at radius 2 is 2.06 bits per heavy atom. The van der Waals surface area contributed by atoms with Crippen molar-refractivity contribution in [3.8, 4) is 0 Å². The highest BCUT2D eigenvalue weighted by Crippen LogP contribution is 2.38. The first-order chi connectivity index (χ1) is 7.97. The molecule has 94 valence electrons. The van der Waals surface area contributed by atoms with Crippen molar-refractivity contribution in [1.82, 2.24) is 5.32 Å². The van der Waals surface area contributed by atoms with Crippen LogP contribution in [0.4, 0.5) is 13.2 Å². The zero-order chi connectivity index (χ0) is 12.5. The second-order valence-electron chi connectivity index (χ2n) is 4.68. The third kappa shape index (κ3) is 3.00. The lowest BCUT2D eigenvalue weighted by Crippen LogP contribution is -2.38. The van der Waals surface area contributed by atoms with Gasteiger partial charge in [-0.1, -0.05) is 29.8 Å². The molecule has 1 aliphatic rings. The molecular weight excluding hydrogens is 227 g/mol. The molecule has 1 aromatic carbocycles. The molecule has 1 aliphatic heterocycles. The SMILES string of the molecule is Cc1cccc(C2CC(C(F)(F)F)CCN2)c1. The molecule has 4 heteroatoms. The van der Waals surface area contributed by atoms with Gasteiger partial charge in [-0.2, -0.15) is 13.2 Å². The van der Waals surface area contributed by atoms with E-state index in [9.17, 15) is 13.2 Å². The minimum atomic E-state index is -4.07. The Bertz CT molecular complexity index is 386. The molecule has 1 nitrogen and oxygen atoms in total. The molecule has 0 radical (unpaired) electrons. The van der Waals surface area contributed by atoms with Gasteiger partial charge in [0, 0.05) is 6.04 Å². The van der Waals surface area contributed by atoms with E-state index in [0.717, 1.165) is 11.1 Å². The van der Waals surface area contributed by atoms with E-state index in [1.807, 2.05) is 31.2 Å². The number of benzene rings is 1. The molecule has 2 atom stereocenters. The molecule has 0 saturated carbocycles. The molecule has 0 spiro atoms. The molecule has 1 aromatic rings. The summed E-state index contributed by atoms with van der Waals surface area (Å²) in [6, 6.07) is 7.52. The van der Waals surface area contributed by atoms with Gasteiger partial charge in [-0.05, 0) is 31.9 Å². The first-order valence-corrected chi connectivity index (χ1v) is 5.83. The van der Waals surface area contributed by atoms with Crippen molar-refractivity contribution in [2.24, 2.45) is 5.92 Å². The second kappa shape index (κ2) is 4.69. The van der Waals surface area contributed by atoms with Crippen molar-refractivity contribution < 1.29 is 13.2 Å². The highest BCUT2D eigenvalue weighted by Gasteiger charge is 2.42. The summed E-state index contributed by atoms with van der Waals surface area (Å²) in [5, 5.41) is 3.16. The molecule has 1 fully saturated rings. The Labute approximate surface area is 99.0 Å². The number of alkyl halides is 3. The van der Waals surface area contributed by atoms with Crippen molar-refractivity contribution >= 4 is 0 Å². The number of rotatable bonds is 1. The Kier molecular flexibility index (Phi) is 3.43. The number of piperidine rings is 1. The van der Waals surface area contributed by atoms with E-state index in [1.165, 1.54) is 0 Å². The fourth-order valence-electron chi connectivity index (χ4n) is 2.36. The van der Waals surface area contributed by atoms with Gasteiger partial charge in [0.1, 0.15) is 0 Å². The van der Waals surface area contributed by atoms with Crippen LogP contribution in [0.3, 0.4) is 0 Å². The molecule has 1 saturated heterocycles. The van der Waals surface area contributed by atoms with Crippen LogP contribution in [0.1, 0.15) is 30.0 Å². The summed E-state index contributed by atoms with van der Waals surface area (Å²) >= 11 is 0. The number of nitrogens with one attached hydrogen (secondary N) is 1. The maximum Gasteiger partial charge on any atom is 0.391 e. The van der Waals surface area contributed by atoms with Crippen LogP contribution in [0, 0.1) is 12.8 Å². The molecule has 0 amide bonds. The Balaban J connectivity index is 2.12. The van der Waals surface area contributed by atoms with Gasteiger partial charge in [0.2, 0.25) is 0 Å². The van der Waals surface area contributed by atoms with Crippen LogP contribution in [0.25, 0.3) is 0 Å². The standard InChI is InChI=1S/C13H16F3N/c1-9-3-2-4-10(7-9)12-8-11(5-6-17-12)13(14,15)16/h2-4,7,11-12,17H,5-6,8H2,1H3. The number of aryl methyl sites for hydroxylation is 1. The predicted molar refractivity (Wildman–Crippen MR) is 60.7 cm³/mol. The summed E-state index contributed by atoms with van der Waals surface area (Å²) in [6.07, 6.45) is -3.73. The van der Waals surface area contributed by atoms with Crippen molar-refractivity contribution in [3.63, 3.8) is 0 Å². The van der Waals surface area contributed by atoms with Crippen LogP contribution in [-0.2, 0) is 0 Å². The fraction of sp³-hybridized carbons (Fsp3) is 0.538. The molecule has 1 heterocycles. The third-order valence-corrected chi connectivity index (χ3v) is 3.31. The van der Waals surface area contributed by atoms with Gasteiger partial charge in [-0.15, -0.1) is 0 Å². The lowest BCUT2D eigenvalue weighted by molar-refractivity contribution is -0.183. The minimum absolute atomic E-state index is 0.146. The normalized spacial score (nSPS) is 25.9. The van der Waals surface area contributed by atoms with E-state index >= 15 is 0 Å². The quantitative estimate of drug-likeness (QED) is 0.794. The van der Waals surface area contributed by atoms with E-state index in [0.29, 0.717) is 6.54 Å². The largest absolute Gasteiger partial charge is 0.391 e. The van der Waals surface area contributed by atoms with Gasteiger partial charge in [0.05, 0.1) is 5.92 Å².